The van der Waals surface area contributed by atoms with Gasteiger partial charge in [0.2, 0.25) is 0 Å². The number of carbonyl (C=O) groups excluding carboxylic acids is 2. The SMILES string of the molecule is CCOC(=O)c1c(C)[nH]c(C(=O)OCc2ccccc2[N+](=O)[O-])c1C. The van der Waals surface area contributed by atoms with Crippen molar-refractivity contribution in [2.24, 2.45) is 0 Å². The summed E-state index contributed by atoms with van der Waals surface area (Å²) in [7, 11) is 0. The fourth-order valence-corrected chi connectivity index (χ4v) is 2.49. The molecule has 1 N–H and O–H groups in total. The van der Waals surface area contributed by atoms with E-state index in [-0.39, 0.29) is 30.2 Å². The van der Waals surface area contributed by atoms with Crippen molar-refractivity contribution in [3.8, 4) is 0 Å². The van der Waals surface area contributed by atoms with E-state index in [0.717, 1.165) is 0 Å². The Hall–Kier alpha value is -3.16. The Morgan fingerprint density at radius 1 is 1.16 bits per heavy atom. The molecule has 2 rings (SSSR count). The summed E-state index contributed by atoms with van der Waals surface area (Å²) in [5.74, 6) is -1.22. The number of hydrogen-bond donors (Lipinski definition) is 1. The number of rotatable bonds is 6. The van der Waals surface area contributed by atoms with Crippen LogP contribution in [0.2, 0.25) is 0 Å². The van der Waals surface area contributed by atoms with E-state index >= 15 is 0 Å². The molecule has 25 heavy (non-hydrogen) atoms. The third-order valence-electron chi connectivity index (χ3n) is 3.67. The molecule has 0 amide bonds. The van der Waals surface area contributed by atoms with Crippen LogP contribution in [0.25, 0.3) is 0 Å². The number of carbonyl (C=O) groups is 2. The number of ether oxygens (including phenoxy) is 2. The van der Waals surface area contributed by atoms with E-state index in [1.54, 1.807) is 26.8 Å². The average molecular weight is 346 g/mol. The normalized spacial score (nSPS) is 10.4. The highest BCUT2D eigenvalue weighted by Gasteiger charge is 2.24. The van der Waals surface area contributed by atoms with Gasteiger partial charge in [-0.05, 0) is 32.4 Å². The van der Waals surface area contributed by atoms with Crippen LogP contribution in [0.3, 0.4) is 0 Å². The van der Waals surface area contributed by atoms with Gasteiger partial charge in [-0.2, -0.15) is 0 Å². The van der Waals surface area contributed by atoms with E-state index < -0.39 is 16.9 Å². The van der Waals surface area contributed by atoms with Gasteiger partial charge in [0.05, 0.1) is 22.7 Å². The molecule has 1 aromatic carbocycles. The molecule has 8 heteroatoms. The van der Waals surface area contributed by atoms with Crippen molar-refractivity contribution in [1.82, 2.24) is 4.98 Å². The molecule has 0 spiro atoms. The predicted octanol–water partition coefficient (Wildman–Crippen LogP) is 3.07. The second-order valence-electron chi connectivity index (χ2n) is 5.31. The Balaban J connectivity index is 2.19. The first kappa shape index (κ1) is 18.2. The third-order valence-corrected chi connectivity index (χ3v) is 3.67. The molecule has 0 unspecified atom stereocenters. The van der Waals surface area contributed by atoms with E-state index in [4.69, 9.17) is 9.47 Å². The quantitative estimate of drug-likeness (QED) is 0.489. The van der Waals surface area contributed by atoms with Crippen LogP contribution in [0, 0.1) is 24.0 Å². The standard InChI is InChI=1S/C17H18N2O6/c1-4-24-16(20)14-10(2)15(18-11(14)3)17(21)25-9-12-7-5-6-8-13(12)19(22)23/h5-8,18H,4,9H2,1-3H3. The van der Waals surface area contributed by atoms with Crippen molar-refractivity contribution in [3.63, 3.8) is 0 Å². The van der Waals surface area contributed by atoms with Crippen LogP contribution in [-0.4, -0.2) is 28.5 Å². The van der Waals surface area contributed by atoms with Gasteiger partial charge in [-0.3, -0.25) is 10.1 Å². The molecule has 0 atom stereocenters. The fourth-order valence-electron chi connectivity index (χ4n) is 2.49. The summed E-state index contributed by atoms with van der Waals surface area (Å²) in [5, 5.41) is 11.0. The minimum Gasteiger partial charge on any atom is -0.462 e. The lowest BCUT2D eigenvalue weighted by Crippen LogP contribution is -2.10. The maximum atomic E-state index is 12.3. The van der Waals surface area contributed by atoms with E-state index in [1.807, 2.05) is 0 Å². The van der Waals surface area contributed by atoms with Gasteiger partial charge in [-0.15, -0.1) is 0 Å². The molecule has 1 aromatic heterocycles. The molecule has 1 heterocycles. The lowest BCUT2D eigenvalue weighted by Gasteiger charge is -2.06. The summed E-state index contributed by atoms with van der Waals surface area (Å²) >= 11 is 0. The van der Waals surface area contributed by atoms with Crippen LogP contribution in [0.4, 0.5) is 5.69 Å². The number of nitro benzene ring substituents is 1. The van der Waals surface area contributed by atoms with Gasteiger partial charge >= 0.3 is 11.9 Å². The summed E-state index contributed by atoms with van der Waals surface area (Å²) < 4.78 is 10.1. The molecule has 0 aliphatic rings. The number of benzene rings is 1. The lowest BCUT2D eigenvalue weighted by atomic mass is 10.1. The Kier molecular flexibility index (Phi) is 5.53. The Labute approximate surface area is 143 Å². The maximum absolute atomic E-state index is 12.3. The minimum atomic E-state index is -0.700. The summed E-state index contributed by atoms with van der Waals surface area (Å²) in [6.07, 6.45) is 0. The monoisotopic (exact) mass is 346 g/mol. The van der Waals surface area contributed by atoms with Crippen molar-refractivity contribution in [3.05, 3.63) is 62.5 Å². The van der Waals surface area contributed by atoms with E-state index in [2.05, 4.69) is 4.98 Å². The predicted molar refractivity (Wildman–Crippen MR) is 88.4 cm³/mol. The van der Waals surface area contributed by atoms with E-state index in [1.165, 1.54) is 18.2 Å². The van der Waals surface area contributed by atoms with Crippen LogP contribution in [0.1, 0.15) is 44.6 Å². The maximum Gasteiger partial charge on any atom is 0.355 e. The number of aryl methyl sites for hydroxylation is 1. The third kappa shape index (κ3) is 3.85. The Morgan fingerprint density at radius 2 is 1.84 bits per heavy atom. The van der Waals surface area contributed by atoms with Crippen LogP contribution >= 0.6 is 0 Å². The van der Waals surface area contributed by atoms with Gasteiger partial charge in [-0.25, -0.2) is 9.59 Å². The van der Waals surface area contributed by atoms with Crippen molar-refractivity contribution >= 4 is 17.6 Å². The average Bonchev–Trinajstić information content (AvgIpc) is 2.87. The van der Waals surface area contributed by atoms with Crippen LogP contribution in [0.5, 0.6) is 0 Å². The molecule has 0 aliphatic heterocycles. The molecule has 0 aliphatic carbocycles. The summed E-state index contributed by atoms with van der Waals surface area (Å²) in [6.45, 7) is 4.93. The zero-order valence-electron chi connectivity index (χ0n) is 14.1. The number of nitrogens with zero attached hydrogens (tertiary/aromatic N) is 1. The van der Waals surface area contributed by atoms with Crippen molar-refractivity contribution in [2.45, 2.75) is 27.4 Å². The van der Waals surface area contributed by atoms with E-state index in [0.29, 0.717) is 16.8 Å². The smallest absolute Gasteiger partial charge is 0.355 e. The van der Waals surface area contributed by atoms with Crippen LogP contribution < -0.4 is 0 Å². The van der Waals surface area contributed by atoms with Gasteiger partial charge in [-0.1, -0.05) is 12.1 Å². The number of nitrogens with one attached hydrogen (secondary N) is 1. The topological polar surface area (TPSA) is 112 Å². The first-order valence-electron chi connectivity index (χ1n) is 7.62. The molecular weight excluding hydrogens is 328 g/mol. The van der Waals surface area contributed by atoms with Crippen LogP contribution in [0.15, 0.2) is 24.3 Å². The van der Waals surface area contributed by atoms with Gasteiger partial charge in [0, 0.05) is 11.8 Å². The molecule has 0 saturated carbocycles. The molecule has 8 nitrogen and oxygen atoms in total. The van der Waals surface area contributed by atoms with Gasteiger partial charge in [0.15, 0.2) is 0 Å². The summed E-state index contributed by atoms with van der Waals surface area (Å²) in [5.41, 5.74) is 1.49. The van der Waals surface area contributed by atoms with Crippen molar-refractivity contribution < 1.29 is 24.0 Å². The molecule has 0 radical (unpaired) electrons. The molecular formula is C17H18N2O6. The first-order chi connectivity index (χ1) is 11.9. The number of aromatic amines is 1. The zero-order chi connectivity index (χ0) is 18.6. The lowest BCUT2D eigenvalue weighted by molar-refractivity contribution is -0.385. The van der Waals surface area contributed by atoms with Gasteiger partial charge in [0.25, 0.3) is 5.69 Å². The molecule has 0 bridgehead atoms. The largest absolute Gasteiger partial charge is 0.462 e. The summed E-state index contributed by atoms with van der Waals surface area (Å²) in [6, 6.07) is 6.01. The molecule has 0 saturated heterocycles. The molecule has 0 fully saturated rings. The minimum absolute atomic E-state index is 0.123. The molecule has 2 aromatic rings. The number of nitro groups is 1. The van der Waals surface area contributed by atoms with Crippen LogP contribution in [-0.2, 0) is 16.1 Å². The second-order valence-corrected chi connectivity index (χ2v) is 5.31. The van der Waals surface area contributed by atoms with Crippen molar-refractivity contribution in [2.75, 3.05) is 6.61 Å². The number of H-pyrrole nitrogens is 1. The highest BCUT2D eigenvalue weighted by molar-refractivity contribution is 5.98. The second kappa shape index (κ2) is 7.61. The van der Waals surface area contributed by atoms with E-state index in [9.17, 15) is 19.7 Å². The highest BCUT2D eigenvalue weighted by Crippen LogP contribution is 2.22. The summed E-state index contributed by atoms with van der Waals surface area (Å²) in [4.78, 5) is 37.5. The fraction of sp³-hybridized carbons (Fsp3) is 0.294. The highest BCUT2D eigenvalue weighted by atomic mass is 16.6. The first-order valence-corrected chi connectivity index (χ1v) is 7.62. The van der Waals surface area contributed by atoms with Crippen molar-refractivity contribution in [1.29, 1.82) is 0 Å². The number of para-hydroxylation sites is 1. The Morgan fingerprint density at radius 3 is 2.48 bits per heavy atom. The zero-order valence-corrected chi connectivity index (χ0v) is 14.1. The number of esters is 2. The number of aromatic nitrogens is 1. The Bertz CT molecular complexity index is 825. The van der Waals surface area contributed by atoms with Gasteiger partial charge < -0.3 is 14.5 Å². The molecule has 132 valence electrons. The number of hydrogen-bond acceptors (Lipinski definition) is 6. The van der Waals surface area contributed by atoms with Gasteiger partial charge in [0.1, 0.15) is 12.3 Å².